The zero-order chi connectivity index (χ0) is 26.0. The van der Waals surface area contributed by atoms with Gasteiger partial charge in [0.1, 0.15) is 0 Å². The Hall–Kier alpha value is 0.397. The molecule has 0 unspecified atom stereocenters. The minimum absolute atomic E-state index is 0.0680. The minimum Gasteiger partial charge on any atom is -0.412 e. The lowest BCUT2D eigenvalue weighted by atomic mass is 9.61. The number of hydrogen-bond acceptors (Lipinski definition) is 1. The Morgan fingerprint density at radius 3 is 2.54 bits per heavy atom. The Labute approximate surface area is 194 Å². The second-order valence-electron chi connectivity index (χ2n) is 9.82. The maximum absolute atomic E-state index is 8.31. The van der Waals surface area contributed by atoms with E-state index in [4.69, 9.17) is 12.7 Å². The highest BCUT2D eigenvalue weighted by molar-refractivity contribution is 9.11. The summed E-state index contributed by atoms with van der Waals surface area (Å²) >= 11 is 3.59. The molecule has 2 aliphatic carbocycles. The summed E-state index contributed by atoms with van der Waals surface area (Å²) < 4.78 is 56.3. The Morgan fingerprint density at radius 1 is 1.29 bits per heavy atom. The summed E-state index contributed by atoms with van der Waals surface area (Å²) in [4.78, 5) is 2.14. The average Bonchev–Trinajstić information content (AvgIpc) is 3.11. The molecule has 28 heavy (non-hydrogen) atoms. The molecule has 0 radical (unpaired) electrons. The van der Waals surface area contributed by atoms with Crippen molar-refractivity contribution in [3.05, 3.63) is 10.6 Å². The zero-order valence-corrected chi connectivity index (χ0v) is 21.5. The highest BCUT2D eigenvalue weighted by atomic mass is 79.9. The van der Waals surface area contributed by atoms with Gasteiger partial charge in [0.05, 0.1) is 5.60 Å². The molecule has 2 fully saturated rings. The number of fused-ring (bicyclic) bond motifs is 1. The van der Waals surface area contributed by atoms with Gasteiger partial charge in [-0.15, -0.1) is 0 Å². The van der Waals surface area contributed by atoms with E-state index in [1.54, 1.807) is 5.57 Å². The van der Waals surface area contributed by atoms with Crippen LogP contribution < -0.4 is 0 Å². The molecule has 2 rings (SSSR count). The first-order chi connectivity index (χ1) is 15.7. The van der Waals surface area contributed by atoms with Crippen molar-refractivity contribution < 1.29 is 12.7 Å². The standard InChI is InChI=1S/C25H47BrOSi/c1-8-28(9-2,10-3)27-24(5,6)17-11-13-20(4)22-15-16-23-21(19-26)14-12-18-25(22,23)7/h19-20,22-23H,8-18H2,1-7H3/b21-19+/t20-,22-,23+,25-/m1/s1/i5D3,6D3. The molecule has 4 atom stereocenters. The molecule has 0 aromatic carbocycles. The number of halogens is 1. The van der Waals surface area contributed by atoms with Crippen LogP contribution in [0.4, 0.5) is 0 Å². The van der Waals surface area contributed by atoms with E-state index in [9.17, 15) is 0 Å². The van der Waals surface area contributed by atoms with E-state index in [1.165, 1.54) is 32.1 Å². The molecule has 0 spiro atoms. The lowest BCUT2D eigenvalue weighted by Crippen LogP contribution is -2.44. The Morgan fingerprint density at radius 2 is 1.96 bits per heavy atom. The fraction of sp³-hybridized carbons (Fsp3) is 0.920. The van der Waals surface area contributed by atoms with E-state index in [1.807, 2.05) is 20.8 Å². The predicted octanol–water partition coefficient (Wildman–Crippen LogP) is 9.09. The van der Waals surface area contributed by atoms with Crippen molar-refractivity contribution in [3.63, 3.8) is 0 Å². The summed E-state index contributed by atoms with van der Waals surface area (Å²) in [7, 11) is -2.45. The quantitative estimate of drug-likeness (QED) is 0.285. The lowest BCUT2D eigenvalue weighted by molar-refractivity contribution is 0.0705. The molecule has 2 saturated carbocycles. The van der Waals surface area contributed by atoms with E-state index in [2.05, 4.69) is 34.8 Å². The van der Waals surface area contributed by atoms with Crippen molar-refractivity contribution >= 4 is 24.2 Å². The van der Waals surface area contributed by atoms with E-state index >= 15 is 0 Å². The van der Waals surface area contributed by atoms with Crippen LogP contribution in [0.25, 0.3) is 0 Å². The van der Waals surface area contributed by atoms with Crippen molar-refractivity contribution in [2.24, 2.45) is 23.2 Å². The molecule has 0 N–H and O–H groups in total. The van der Waals surface area contributed by atoms with Crippen LogP contribution in [-0.4, -0.2) is 13.9 Å². The maximum Gasteiger partial charge on any atom is 0.192 e. The van der Waals surface area contributed by atoms with Crippen LogP contribution in [0.3, 0.4) is 0 Å². The van der Waals surface area contributed by atoms with Crippen molar-refractivity contribution in [1.82, 2.24) is 0 Å². The highest BCUT2D eigenvalue weighted by Crippen LogP contribution is 2.60. The average molecular weight is 478 g/mol. The van der Waals surface area contributed by atoms with E-state index < -0.39 is 27.6 Å². The highest BCUT2D eigenvalue weighted by Gasteiger charge is 2.50. The largest absolute Gasteiger partial charge is 0.412 e. The lowest BCUT2D eigenvalue weighted by Gasteiger charge is -2.44. The van der Waals surface area contributed by atoms with Gasteiger partial charge in [-0.25, -0.2) is 0 Å². The molecule has 0 aromatic heterocycles. The maximum atomic E-state index is 8.31. The Bertz CT molecular complexity index is 680. The van der Waals surface area contributed by atoms with Gasteiger partial charge in [-0.3, -0.25) is 0 Å². The summed E-state index contributed by atoms with van der Waals surface area (Å²) in [5.74, 6) is 1.65. The fourth-order valence-corrected chi connectivity index (χ4v) is 9.73. The smallest absolute Gasteiger partial charge is 0.192 e. The van der Waals surface area contributed by atoms with Gasteiger partial charge in [0.15, 0.2) is 8.32 Å². The number of hydrogen-bond donors (Lipinski definition) is 0. The first-order valence-electron chi connectivity index (χ1n) is 14.7. The van der Waals surface area contributed by atoms with E-state index in [0.29, 0.717) is 24.2 Å². The molecule has 164 valence electrons. The van der Waals surface area contributed by atoms with Gasteiger partial charge in [-0.05, 0) is 98.5 Å². The first kappa shape index (κ1) is 17.0. The van der Waals surface area contributed by atoms with Gasteiger partial charge in [-0.1, -0.05) is 69.0 Å². The van der Waals surface area contributed by atoms with Gasteiger partial charge in [0.25, 0.3) is 0 Å². The monoisotopic (exact) mass is 476 g/mol. The van der Waals surface area contributed by atoms with E-state index in [-0.39, 0.29) is 11.8 Å². The second-order valence-corrected chi connectivity index (χ2v) is 15.0. The Balaban J connectivity index is 2.23. The van der Waals surface area contributed by atoms with Crippen molar-refractivity contribution in [1.29, 1.82) is 0 Å². The molecule has 1 nitrogen and oxygen atoms in total. The number of rotatable bonds is 10. The van der Waals surface area contributed by atoms with E-state index in [0.717, 1.165) is 24.6 Å². The topological polar surface area (TPSA) is 9.23 Å². The molecular weight excluding hydrogens is 424 g/mol. The third-order valence-electron chi connectivity index (χ3n) is 8.38. The SMILES string of the molecule is [2H]C([2H])([2H])C(CCC[C@@H](C)[C@H]1CC[C@H]2/C(=C/Br)CCC[C@]12C)(O[Si](CC)(CC)CC)C([2H])([2H])[2H]. The molecule has 0 aromatic rings. The summed E-state index contributed by atoms with van der Waals surface area (Å²) in [6.45, 7) is 5.40. The molecule has 2 aliphatic rings. The molecular formula is C25H47BrOSi. The van der Waals surface area contributed by atoms with Crippen LogP contribution in [0.15, 0.2) is 10.6 Å². The third kappa shape index (κ3) is 5.35. The molecule has 3 heteroatoms. The van der Waals surface area contributed by atoms with Crippen molar-refractivity contribution in [2.75, 3.05) is 0 Å². The molecule has 0 amide bonds. The first-order valence-corrected chi connectivity index (χ1v) is 15.1. The number of allylic oxidation sites excluding steroid dienone is 1. The van der Waals surface area contributed by atoms with Gasteiger partial charge >= 0.3 is 0 Å². The van der Waals surface area contributed by atoms with Gasteiger partial charge in [0, 0.05) is 8.22 Å². The van der Waals surface area contributed by atoms with Crippen LogP contribution >= 0.6 is 15.9 Å². The molecule has 0 heterocycles. The van der Waals surface area contributed by atoms with Crippen LogP contribution in [0.1, 0.15) is 108 Å². The van der Waals surface area contributed by atoms with Gasteiger partial charge < -0.3 is 4.43 Å². The Kier molecular flexibility index (Phi) is 6.16. The van der Waals surface area contributed by atoms with Crippen LogP contribution in [0.5, 0.6) is 0 Å². The zero-order valence-electron chi connectivity index (χ0n) is 24.9. The summed E-state index contributed by atoms with van der Waals surface area (Å²) in [6, 6.07) is 2.20. The minimum atomic E-state index is -2.69. The molecule has 0 aliphatic heterocycles. The molecule has 0 bridgehead atoms. The fourth-order valence-electron chi connectivity index (χ4n) is 6.41. The third-order valence-corrected chi connectivity index (χ3v) is 13.6. The van der Waals surface area contributed by atoms with Crippen molar-refractivity contribution in [2.45, 2.75) is 123 Å². The second kappa shape index (κ2) is 10.1. The van der Waals surface area contributed by atoms with Crippen LogP contribution in [0.2, 0.25) is 18.1 Å². The predicted molar refractivity (Wildman–Crippen MR) is 131 cm³/mol. The van der Waals surface area contributed by atoms with Crippen LogP contribution in [0, 0.1) is 23.2 Å². The van der Waals surface area contributed by atoms with Gasteiger partial charge in [0.2, 0.25) is 0 Å². The van der Waals surface area contributed by atoms with Gasteiger partial charge in [-0.2, -0.15) is 0 Å². The normalized spacial score (nSPS) is 35.3. The molecule has 0 saturated heterocycles. The summed E-state index contributed by atoms with van der Waals surface area (Å²) in [5.41, 5.74) is -0.249. The summed E-state index contributed by atoms with van der Waals surface area (Å²) in [6.07, 6.45) is 7.55. The van der Waals surface area contributed by atoms with Crippen molar-refractivity contribution in [3.8, 4) is 0 Å². The summed E-state index contributed by atoms with van der Waals surface area (Å²) in [5, 5.41) is 0. The van der Waals surface area contributed by atoms with Crippen LogP contribution in [-0.2, 0) is 4.43 Å².